The van der Waals surface area contributed by atoms with Crippen LogP contribution < -0.4 is 9.80 Å². The Hall–Kier alpha value is -8.60. The van der Waals surface area contributed by atoms with E-state index in [0.29, 0.717) is 0 Å². The molecule has 14 aromatic rings. The molecule has 0 radical (unpaired) electrons. The van der Waals surface area contributed by atoms with Gasteiger partial charge < -0.3 is 18.6 Å². The predicted octanol–water partition coefficient (Wildman–Crippen LogP) is 17.6. The average molecular weight is 817 g/mol. The van der Waals surface area contributed by atoms with E-state index in [1.54, 1.807) is 0 Å². The molecule has 0 saturated carbocycles. The van der Waals surface area contributed by atoms with E-state index in [1.807, 2.05) is 6.07 Å². The van der Waals surface area contributed by atoms with Crippen LogP contribution in [0, 0.1) is 0 Å². The van der Waals surface area contributed by atoms with Crippen LogP contribution >= 0.6 is 0 Å². The first kappa shape index (κ1) is 35.0. The minimum absolute atomic E-state index is 0.850. The summed E-state index contributed by atoms with van der Waals surface area (Å²) in [7, 11) is 0. The lowest BCUT2D eigenvalue weighted by molar-refractivity contribution is 0.669. The molecule has 4 nitrogen and oxygen atoms in total. The third-order valence-electron chi connectivity index (χ3n) is 13.3. The molecule has 0 unspecified atom stereocenters. The van der Waals surface area contributed by atoms with Gasteiger partial charge in [-0.05, 0) is 92.5 Å². The second-order valence-electron chi connectivity index (χ2n) is 16.8. The van der Waals surface area contributed by atoms with Crippen molar-refractivity contribution < 1.29 is 8.83 Å². The highest BCUT2D eigenvalue weighted by Gasteiger charge is 2.27. The fourth-order valence-corrected chi connectivity index (χ4v) is 10.6. The molecule has 0 spiro atoms. The third-order valence-corrected chi connectivity index (χ3v) is 13.3. The Morgan fingerprint density at radius 1 is 0.266 bits per heavy atom. The number of fused-ring (bicyclic) bond motifs is 3. The summed E-state index contributed by atoms with van der Waals surface area (Å²) in [5.41, 5.74) is 12.0. The van der Waals surface area contributed by atoms with Crippen LogP contribution in [-0.2, 0) is 0 Å². The number of rotatable bonds is 7. The van der Waals surface area contributed by atoms with Crippen molar-refractivity contribution in [3.8, 4) is 11.1 Å². The molecule has 0 aliphatic rings. The first-order valence-electron chi connectivity index (χ1n) is 21.8. The van der Waals surface area contributed by atoms with E-state index in [0.717, 1.165) is 94.5 Å². The highest BCUT2D eigenvalue weighted by molar-refractivity contribution is 6.29. The van der Waals surface area contributed by atoms with Gasteiger partial charge in [0.2, 0.25) is 0 Å². The number of hydrogen-bond donors (Lipinski definition) is 0. The monoisotopic (exact) mass is 816 g/mol. The molecule has 0 saturated heterocycles. The maximum atomic E-state index is 6.86. The van der Waals surface area contributed by atoms with Crippen LogP contribution in [0.15, 0.2) is 227 Å². The Bertz CT molecular complexity index is 4090. The summed E-state index contributed by atoms with van der Waals surface area (Å²) >= 11 is 0. The van der Waals surface area contributed by atoms with Gasteiger partial charge in [0, 0.05) is 43.6 Å². The Balaban J connectivity index is 1.05. The van der Waals surface area contributed by atoms with Crippen molar-refractivity contribution in [1.82, 2.24) is 0 Å². The van der Waals surface area contributed by atoms with E-state index in [4.69, 9.17) is 8.83 Å². The van der Waals surface area contributed by atoms with E-state index in [1.165, 1.54) is 37.7 Å². The molecule has 0 aliphatic carbocycles. The third kappa shape index (κ3) is 4.99. The smallest absolute Gasteiger partial charge is 0.160 e. The minimum Gasteiger partial charge on any atom is -0.454 e. The van der Waals surface area contributed by atoms with Gasteiger partial charge in [0.15, 0.2) is 11.2 Å². The predicted molar refractivity (Wildman–Crippen MR) is 268 cm³/mol. The van der Waals surface area contributed by atoms with Crippen LogP contribution in [0.2, 0.25) is 0 Å². The number of hydrogen-bond acceptors (Lipinski definition) is 4. The number of anilines is 6. The number of benzene rings is 12. The zero-order valence-corrected chi connectivity index (χ0v) is 34.5. The largest absolute Gasteiger partial charge is 0.454 e. The fraction of sp³-hybridized carbons (Fsp3) is 0. The van der Waals surface area contributed by atoms with Crippen molar-refractivity contribution in [2.75, 3.05) is 9.80 Å². The van der Waals surface area contributed by atoms with Crippen molar-refractivity contribution in [2.45, 2.75) is 0 Å². The highest BCUT2D eigenvalue weighted by Crippen LogP contribution is 2.52. The zero-order chi connectivity index (χ0) is 41.9. The number of para-hydroxylation sites is 4. The van der Waals surface area contributed by atoms with E-state index >= 15 is 0 Å². The molecule has 0 N–H and O–H groups in total. The van der Waals surface area contributed by atoms with Gasteiger partial charge >= 0.3 is 0 Å². The maximum absolute atomic E-state index is 6.86. The van der Waals surface area contributed by atoms with E-state index in [2.05, 4.69) is 222 Å². The molecule has 0 aliphatic heterocycles. The molecule has 64 heavy (non-hydrogen) atoms. The molecule has 2 aromatic heterocycles. The average Bonchev–Trinajstić information content (AvgIpc) is 3.95. The van der Waals surface area contributed by atoms with Gasteiger partial charge in [-0.25, -0.2) is 0 Å². The van der Waals surface area contributed by atoms with Crippen LogP contribution in [0.1, 0.15) is 0 Å². The maximum Gasteiger partial charge on any atom is 0.160 e. The summed E-state index contributed by atoms with van der Waals surface area (Å²) in [6, 6.07) is 78.5. The number of furan rings is 2. The standard InChI is InChI=1S/C60H36N2O2/c1-3-13-37(14-4-1)43-18-7-9-21-48(43)62(51-22-12-20-45-44-19-8-10-23-53(44)63-59(45)51)50-35-30-40-27-32-46-49(34-29-39-28-33-47(50)56(40)55(39)46)61(42-16-5-2-6-17-42)52-36-31-41-26-25-38-15-11-24-54-57(38)58(41)60(52)64-54/h1-36H. The summed E-state index contributed by atoms with van der Waals surface area (Å²) in [4.78, 5) is 4.81. The SMILES string of the molecule is c1ccc(-c2ccccc2N(c2ccc3ccc4c(N(c5ccccc5)c5ccc6ccc7cccc8oc5c6c78)ccc5ccc2c3c54)c2cccc3c2oc2ccccc23)cc1. The van der Waals surface area contributed by atoms with Gasteiger partial charge in [-0.3, -0.25) is 0 Å². The lowest BCUT2D eigenvalue weighted by atomic mass is 9.91. The van der Waals surface area contributed by atoms with Crippen LogP contribution in [-0.4, -0.2) is 0 Å². The Morgan fingerprint density at radius 3 is 1.56 bits per heavy atom. The van der Waals surface area contributed by atoms with E-state index in [-0.39, 0.29) is 0 Å². The Morgan fingerprint density at radius 2 is 0.781 bits per heavy atom. The summed E-state index contributed by atoms with van der Waals surface area (Å²) in [5, 5.41) is 14.0. The molecule has 0 amide bonds. The van der Waals surface area contributed by atoms with Crippen LogP contribution in [0.4, 0.5) is 34.1 Å². The van der Waals surface area contributed by atoms with Crippen molar-refractivity contribution >= 4 is 121 Å². The fourth-order valence-electron chi connectivity index (χ4n) is 10.6. The first-order valence-corrected chi connectivity index (χ1v) is 21.8. The first-order chi connectivity index (χ1) is 31.8. The normalized spacial score (nSPS) is 12.1. The highest BCUT2D eigenvalue weighted by atomic mass is 16.3. The Labute approximate surface area is 367 Å². The summed E-state index contributed by atoms with van der Waals surface area (Å²) in [5.74, 6) is 0. The van der Waals surface area contributed by atoms with Gasteiger partial charge in [-0.15, -0.1) is 0 Å². The second-order valence-corrected chi connectivity index (χ2v) is 16.8. The van der Waals surface area contributed by atoms with E-state index in [9.17, 15) is 0 Å². The van der Waals surface area contributed by atoms with Gasteiger partial charge in [0.25, 0.3) is 0 Å². The molecule has 4 heteroatoms. The van der Waals surface area contributed by atoms with Gasteiger partial charge in [-0.2, -0.15) is 0 Å². The summed E-state index contributed by atoms with van der Waals surface area (Å²) in [6.07, 6.45) is 0. The topological polar surface area (TPSA) is 32.8 Å². The van der Waals surface area contributed by atoms with Crippen molar-refractivity contribution in [2.24, 2.45) is 0 Å². The van der Waals surface area contributed by atoms with Gasteiger partial charge in [-0.1, -0.05) is 164 Å². The quantitative estimate of drug-likeness (QED) is 0.150. The van der Waals surface area contributed by atoms with Crippen LogP contribution in [0.3, 0.4) is 0 Å². The van der Waals surface area contributed by atoms with Crippen molar-refractivity contribution in [1.29, 1.82) is 0 Å². The van der Waals surface area contributed by atoms with Crippen LogP contribution in [0.25, 0.3) is 98.1 Å². The summed E-state index contributed by atoms with van der Waals surface area (Å²) in [6.45, 7) is 0. The molecule has 2 heterocycles. The molecular formula is C60H36N2O2. The molecule has 0 atom stereocenters. The Kier molecular flexibility index (Phi) is 7.36. The minimum atomic E-state index is 0.850. The lowest BCUT2D eigenvalue weighted by Crippen LogP contribution is -2.12. The molecule has 0 bridgehead atoms. The zero-order valence-electron chi connectivity index (χ0n) is 34.5. The van der Waals surface area contributed by atoms with Gasteiger partial charge in [0.05, 0.1) is 28.4 Å². The lowest BCUT2D eigenvalue weighted by Gasteiger charge is -2.30. The van der Waals surface area contributed by atoms with Crippen molar-refractivity contribution in [3.05, 3.63) is 218 Å². The van der Waals surface area contributed by atoms with Crippen molar-refractivity contribution in [3.63, 3.8) is 0 Å². The van der Waals surface area contributed by atoms with Gasteiger partial charge in [0.1, 0.15) is 11.2 Å². The molecule has 298 valence electrons. The second kappa shape index (κ2) is 13.4. The molecule has 0 fully saturated rings. The number of nitrogens with zero attached hydrogens (tertiary/aromatic N) is 2. The molecule has 12 aromatic carbocycles. The molecule has 14 rings (SSSR count). The van der Waals surface area contributed by atoms with E-state index < -0.39 is 0 Å². The van der Waals surface area contributed by atoms with Crippen LogP contribution in [0.5, 0.6) is 0 Å². The summed E-state index contributed by atoms with van der Waals surface area (Å²) < 4.78 is 13.7. The molecular weight excluding hydrogens is 781 g/mol.